The minimum Gasteiger partial charge on any atom is -0.344 e. The lowest BCUT2D eigenvalue weighted by Gasteiger charge is -1.87. The second-order valence-corrected chi connectivity index (χ2v) is 0.917. The van der Waals surface area contributed by atoms with E-state index in [4.69, 9.17) is 5.11 Å². The number of hydrogen-bond acceptors (Lipinski definition) is 4. The average molecular weight is 108 g/mol. The molecule has 0 spiro atoms. The van der Waals surface area contributed by atoms with Crippen molar-refractivity contribution in [3.05, 3.63) is 10.1 Å². The van der Waals surface area contributed by atoms with Gasteiger partial charge in [-0.05, 0) is 0 Å². The second kappa shape index (κ2) is 3.51. The molecule has 0 bridgehead atoms. The SMILES string of the molecule is CC(O)[N+](=O)[O-].N. The topological polar surface area (TPSA) is 98.4 Å². The minimum atomic E-state index is -1.43. The van der Waals surface area contributed by atoms with Crippen LogP contribution in [-0.4, -0.2) is 16.3 Å². The van der Waals surface area contributed by atoms with E-state index < -0.39 is 11.2 Å². The molecule has 7 heavy (non-hydrogen) atoms. The number of nitrogens with zero attached hydrogens (tertiary/aromatic N) is 1. The van der Waals surface area contributed by atoms with Gasteiger partial charge in [0.1, 0.15) is 0 Å². The Bertz CT molecular complexity index is 62.0. The molecule has 5 nitrogen and oxygen atoms in total. The van der Waals surface area contributed by atoms with Gasteiger partial charge in [0.25, 0.3) is 0 Å². The van der Waals surface area contributed by atoms with Crippen molar-refractivity contribution in [3.8, 4) is 0 Å². The maximum atomic E-state index is 9.25. The molecule has 0 fully saturated rings. The molecule has 4 N–H and O–H groups in total. The van der Waals surface area contributed by atoms with Crippen LogP contribution in [0, 0.1) is 10.1 Å². The molecule has 1 unspecified atom stereocenters. The van der Waals surface area contributed by atoms with Crippen molar-refractivity contribution in [2.24, 2.45) is 0 Å². The third kappa shape index (κ3) is 5.32. The van der Waals surface area contributed by atoms with E-state index in [1.165, 1.54) is 0 Å². The van der Waals surface area contributed by atoms with E-state index in [0.717, 1.165) is 6.92 Å². The molecule has 1 atom stereocenters. The fraction of sp³-hybridized carbons (Fsp3) is 1.00. The molecule has 0 aromatic rings. The number of aliphatic hydroxyl groups is 1. The number of rotatable bonds is 1. The molecule has 0 amide bonds. The monoisotopic (exact) mass is 108 g/mol. The molecule has 0 saturated heterocycles. The zero-order valence-electron chi connectivity index (χ0n) is 4.00. The van der Waals surface area contributed by atoms with Crippen molar-refractivity contribution in [3.63, 3.8) is 0 Å². The van der Waals surface area contributed by atoms with E-state index in [1.807, 2.05) is 0 Å². The highest BCUT2D eigenvalue weighted by Crippen LogP contribution is 1.75. The third-order valence-corrected chi connectivity index (χ3v) is 0.305. The van der Waals surface area contributed by atoms with Crippen molar-refractivity contribution < 1.29 is 10.0 Å². The van der Waals surface area contributed by atoms with Crippen molar-refractivity contribution in [1.29, 1.82) is 0 Å². The van der Waals surface area contributed by atoms with Crippen LogP contribution in [0.1, 0.15) is 6.92 Å². The summed E-state index contributed by atoms with van der Waals surface area (Å²) >= 11 is 0. The van der Waals surface area contributed by atoms with Crippen LogP contribution in [0.25, 0.3) is 0 Å². The van der Waals surface area contributed by atoms with Crippen molar-refractivity contribution in [1.82, 2.24) is 6.15 Å². The summed E-state index contributed by atoms with van der Waals surface area (Å²) in [6, 6.07) is 0. The van der Waals surface area contributed by atoms with Gasteiger partial charge in [-0.3, -0.25) is 10.1 Å². The van der Waals surface area contributed by atoms with Gasteiger partial charge in [-0.25, -0.2) is 0 Å². The zero-order valence-corrected chi connectivity index (χ0v) is 4.00. The van der Waals surface area contributed by atoms with E-state index in [-0.39, 0.29) is 6.15 Å². The summed E-state index contributed by atoms with van der Waals surface area (Å²) < 4.78 is 0. The van der Waals surface area contributed by atoms with Crippen LogP contribution < -0.4 is 6.15 Å². The van der Waals surface area contributed by atoms with E-state index in [2.05, 4.69) is 0 Å². The molecule has 0 aliphatic rings. The average Bonchev–Trinajstić information content (AvgIpc) is 1.36. The molecule has 0 heterocycles. The third-order valence-electron chi connectivity index (χ3n) is 0.305. The van der Waals surface area contributed by atoms with Crippen molar-refractivity contribution >= 4 is 0 Å². The van der Waals surface area contributed by atoms with Crippen LogP contribution in [0.15, 0.2) is 0 Å². The highest BCUT2D eigenvalue weighted by atomic mass is 16.7. The highest BCUT2D eigenvalue weighted by Gasteiger charge is 2.01. The first-order chi connectivity index (χ1) is 2.64. The number of aliphatic hydroxyl groups excluding tert-OH is 1. The Morgan fingerprint density at radius 1 is 1.86 bits per heavy atom. The summed E-state index contributed by atoms with van der Waals surface area (Å²) in [6.45, 7) is 1.10. The smallest absolute Gasteiger partial charge is 0.310 e. The van der Waals surface area contributed by atoms with E-state index in [0.29, 0.717) is 0 Å². The molecule has 0 aromatic carbocycles. The lowest BCUT2D eigenvalue weighted by atomic mass is 10.7. The molecule has 0 saturated carbocycles. The van der Waals surface area contributed by atoms with E-state index in [9.17, 15) is 10.1 Å². The van der Waals surface area contributed by atoms with Crippen LogP contribution in [0.2, 0.25) is 0 Å². The van der Waals surface area contributed by atoms with Crippen molar-refractivity contribution in [2.45, 2.75) is 13.2 Å². The summed E-state index contributed by atoms with van der Waals surface area (Å²) in [4.78, 5) is 8.48. The minimum absolute atomic E-state index is 0. The van der Waals surface area contributed by atoms with Gasteiger partial charge in [0, 0.05) is 6.92 Å². The Hall–Kier alpha value is -0.680. The quantitative estimate of drug-likeness (QED) is 0.275. The van der Waals surface area contributed by atoms with Gasteiger partial charge in [0.15, 0.2) is 0 Å². The van der Waals surface area contributed by atoms with Crippen LogP contribution >= 0.6 is 0 Å². The first-order valence-electron chi connectivity index (χ1n) is 1.46. The zero-order chi connectivity index (χ0) is 5.15. The van der Waals surface area contributed by atoms with Gasteiger partial charge in [-0.1, -0.05) is 0 Å². The normalized spacial score (nSPS) is 11.7. The van der Waals surface area contributed by atoms with Crippen LogP contribution in [0.3, 0.4) is 0 Å². The summed E-state index contributed by atoms with van der Waals surface area (Å²) in [5, 5.41) is 17.2. The molecule has 0 rings (SSSR count). The van der Waals surface area contributed by atoms with Gasteiger partial charge in [0.2, 0.25) is 0 Å². The van der Waals surface area contributed by atoms with Gasteiger partial charge in [-0.2, -0.15) is 0 Å². The maximum absolute atomic E-state index is 9.25. The lowest BCUT2D eigenvalue weighted by molar-refractivity contribution is -0.565. The summed E-state index contributed by atoms with van der Waals surface area (Å²) in [7, 11) is 0. The fourth-order valence-corrected chi connectivity index (χ4v) is 0. The Labute approximate surface area is 40.7 Å². The Kier molecular flexibility index (Phi) is 4.80. The van der Waals surface area contributed by atoms with Crippen LogP contribution in [0.5, 0.6) is 0 Å². The molecule has 0 aliphatic heterocycles. The molecule has 44 valence electrons. The molecule has 0 aromatic heterocycles. The van der Waals surface area contributed by atoms with Crippen LogP contribution in [-0.2, 0) is 0 Å². The summed E-state index contributed by atoms with van der Waals surface area (Å²) in [5.74, 6) is 0. The van der Waals surface area contributed by atoms with Gasteiger partial charge < -0.3 is 11.3 Å². The molecule has 5 heteroatoms. The predicted molar refractivity (Wildman–Crippen MR) is 23.7 cm³/mol. The van der Waals surface area contributed by atoms with E-state index >= 15 is 0 Å². The van der Waals surface area contributed by atoms with Crippen LogP contribution in [0.4, 0.5) is 0 Å². The number of hydrogen-bond donors (Lipinski definition) is 2. The summed E-state index contributed by atoms with van der Waals surface area (Å²) in [6.07, 6.45) is -1.43. The Morgan fingerprint density at radius 3 is 2.00 bits per heavy atom. The molecule has 0 radical (unpaired) electrons. The predicted octanol–water partition coefficient (Wildman–Crippen LogP) is -0.237. The van der Waals surface area contributed by atoms with Crippen molar-refractivity contribution in [2.75, 3.05) is 0 Å². The fourth-order valence-electron chi connectivity index (χ4n) is 0. The highest BCUT2D eigenvalue weighted by molar-refractivity contribution is 4.15. The standard InChI is InChI=1S/C2H5NO3.H3N/c1-2(4)3(5)6;/h2,4H,1H3;1H3. The molecule has 0 aliphatic carbocycles. The van der Waals surface area contributed by atoms with Gasteiger partial charge in [-0.15, -0.1) is 0 Å². The van der Waals surface area contributed by atoms with E-state index in [1.54, 1.807) is 0 Å². The molecular formula is C2H8N2O3. The Balaban J connectivity index is 0. The van der Waals surface area contributed by atoms with Gasteiger partial charge >= 0.3 is 6.23 Å². The lowest BCUT2D eigenvalue weighted by Crippen LogP contribution is -2.12. The maximum Gasteiger partial charge on any atom is 0.310 e. The van der Waals surface area contributed by atoms with Gasteiger partial charge in [0.05, 0.1) is 4.92 Å². The number of nitro groups is 1. The molecular weight excluding hydrogens is 100 g/mol. The summed E-state index contributed by atoms with van der Waals surface area (Å²) in [5.41, 5.74) is 0. The first-order valence-corrected chi connectivity index (χ1v) is 1.46. The largest absolute Gasteiger partial charge is 0.344 e. The second-order valence-electron chi connectivity index (χ2n) is 0.917. The Morgan fingerprint density at radius 2 is 2.00 bits per heavy atom. The first kappa shape index (κ1) is 9.58.